The summed E-state index contributed by atoms with van der Waals surface area (Å²) in [6.45, 7) is 1.43. The number of thiol groups is 1. The van der Waals surface area contributed by atoms with Crippen LogP contribution in [0.2, 0.25) is 0 Å². The highest BCUT2D eigenvalue weighted by Crippen LogP contribution is 2.37. The van der Waals surface area contributed by atoms with E-state index in [1.807, 2.05) is 0 Å². The van der Waals surface area contributed by atoms with Crippen molar-refractivity contribution >= 4 is 22.5 Å². The summed E-state index contributed by atoms with van der Waals surface area (Å²) in [5.41, 5.74) is -0.561. The molecule has 6 nitrogen and oxygen atoms in total. The highest BCUT2D eigenvalue weighted by Gasteiger charge is 2.29. The topological polar surface area (TPSA) is 84.3 Å². The van der Waals surface area contributed by atoms with Gasteiger partial charge in [-0.25, -0.2) is 4.79 Å². The van der Waals surface area contributed by atoms with Gasteiger partial charge in [-0.15, -0.1) is 11.7 Å². The monoisotopic (exact) mass is 288 g/mol. The number of nitrogens with zero attached hydrogens (tertiary/aromatic N) is 1. The minimum absolute atomic E-state index is 0.175. The Morgan fingerprint density at radius 3 is 2.94 bits per heavy atom. The molecule has 1 aromatic rings. The first-order valence-electron chi connectivity index (χ1n) is 5.18. The number of ether oxygens (including phenoxy) is 1. The number of aromatic nitrogens is 2. The minimum Gasteiger partial charge on any atom is -0.393 e. The van der Waals surface area contributed by atoms with Gasteiger partial charge in [0.25, 0.3) is 5.56 Å². The summed E-state index contributed by atoms with van der Waals surface area (Å²) in [6, 6.07) is 0. The van der Waals surface area contributed by atoms with Crippen molar-refractivity contribution in [2.45, 2.75) is 19.3 Å². The third kappa shape index (κ3) is 2.41. The van der Waals surface area contributed by atoms with E-state index >= 15 is 0 Å². The summed E-state index contributed by atoms with van der Waals surface area (Å²) in [6.07, 6.45) is 2.01. The molecule has 0 unspecified atom stereocenters. The lowest BCUT2D eigenvalue weighted by Gasteiger charge is -2.17. The Morgan fingerprint density at radius 2 is 2.33 bits per heavy atom. The van der Waals surface area contributed by atoms with E-state index < -0.39 is 23.6 Å². The summed E-state index contributed by atoms with van der Waals surface area (Å²) >= 11 is 4.08. The van der Waals surface area contributed by atoms with Gasteiger partial charge in [0.1, 0.15) is 6.10 Å². The second-order valence-corrected chi connectivity index (χ2v) is 5.05. The molecule has 18 heavy (non-hydrogen) atoms. The molecular weight excluding hydrogens is 276 g/mol. The highest BCUT2D eigenvalue weighted by molar-refractivity contribution is 8.70. The second kappa shape index (κ2) is 5.35. The van der Waals surface area contributed by atoms with E-state index in [9.17, 15) is 9.59 Å². The van der Waals surface area contributed by atoms with Crippen LogP contribution < -0.4 is 11.2 Å². The lowest BCUT2D eigenvalue weighted by Crippen LogP contribution is -2.34. The Labute approximate surface area is 111 Å². The van der Waals surface area contributed by atoms with Crippen LogP contribution in [-0.4, -0.2) is 27.4 Å². The summed E-state index contributed by atoms with van der Waals surface area (Å²) in [5, 5.41) is 9.06. The maximum atomic E-state index is 11.7. The zero-order chi connectivity index (χ0) is 13.3. The number of nitrogens with one attached hydrogen (secondary N) is 1. The van der Waals surface area contributed by atoms with Crippen LogP contribution in [0.1, 0.15) is 11.8 Å². The summed E-state index contributed by atoms with van der Waals surface area (Å²) in [4.78, 5) is 25.9. The number of aryl methyl sites for hydroxylation is 1. The van der Waals surface area contributed by atoms with Crippen LogP contribution in [0, 0.1) is 6.92 Å². The fraction of sp³-hybridized carbons (Fsp3) is 0.400. The van der Waals surface area contributed by atoms with Gasteiger partial charge in [0, 0.05) is 16.7 Å². The van der Waals surface area contributed by atoms with Gasteiger partial charge in [0.15, 0.2) is 6.23 Å². The molecule has 0 saturated carbocycles. The molecule has 0 radical (unpaired) electrons. The molecule has 2 N–H and O–H groups in total. The molecule has 1 aliphatic heterocycles. The minimum atomic E-state index is -0.660. The van der Waals surface area contributed by atoms with Crippen LogP contribution in [0.25, 0.3) is 0 Å². The predicted octanol–water partition coefficient (Wildman–Crippen LogP) is 0.197. The van der Waals surface area contributed by atoms with Crippen molar-refractivity contribution in [2.75, 3.05) is 6.61 Å². The van der Waals surface area contributed by atoms with E-state index in [0.29, 0.717) is 10.5 Å². The van der Waals surface area contributed by atoms with Gasteiger partial charge >= 0.3 is 5.69 Å². The number of hydrogen-bond acceptors (Lipinski definition) is 6. The van der Waals surface area contributed by atoms with Crippen LogP contribution in [0.5, 0.6) is 0 Å². The van der Waals surface area contributed by atoms with Crippen molar-refractivity contribution in [1.82, 2.24) is 9.55 Å². The summed E-state index contributed by atoms with van der Waals surface area (Å²) < 4.78 is 6.78. The molecule has 2 heterocycles. The molecule has 8 heteroatoms. The van der Waals surface area contributed by atoms with Crippen molar-refractivity contribution in [3.8, 4) is 0 Å². The van der Waals surface area contributed by atoms with Crippen LogP contribution in [0.15, 0.2) is 26.8 Å². The van der Waals surface area contributed by atoms with Crippen molar-refractivity contribution < 1.29 is 9.84 Å². The van der Waals surface area contributed by atoms with Gasteiger partial charge in [-0.3, -0.25) is 14.3 Å². The first kappa shape index (κ1) is 13.5. The van der Waals surface area contributed by atoms with Gasteiger partial charge in [0.05, 0.1) is 6.61 Å². The Kier molecular flexibility index (Phi) is 4.00. The molecule has 0 bridgehead atoms. The summed E-state index contributed by atoms with van der Waals surface area (Å²) in [7, 11) is 1.14. The zero-order valence-electron chi connectivity index (χ0n) is 9.49. The van der Waals surface area contributed by atoms with E-state index in [-0.39, 0.29) is 6.61 Å². The number of hydrogen-bond donors (Lipinski definition) is 3. The Hall–Kier alpha value is -0.960. The lowest BCUT2D eigenvalue weighted by molar-refractivity contribution is -0.0116. The second-order valence-electron chi connectivity index (χ2n) is 3.85. The van der Waals surface area contributed by atoms with Crippen molar-refractivity contribution in [2.24, 2.45) is 0 Å². The normalized spacial score (nSPS) is 23.2. The Balaban J connectivity index is 2.44. The average Bonchev–Trinajstić information content (AvgIpc) is 2.77. The fourth-order valence-corrected chi connectivity index (χ4v) is 2.60. The van der Waals surface area contributed by atoms with Gasteiger partial charge in [0.2, 0.25) is 0 Å². The van der Waals surface area contributed by atoms with Crippen LogP contribution in [0.4, 0.5) is 0 Å². The Bertz CT molecular complexity index is 592. The smallest absolute Gasteiger partial charge is 0.330 e. The molecule has 0 spiro atoms. The maximum absolute atomic E-state index is 11.7. The average molecular weight is 288 g/mol. The van der Waals surface area contributed by atoms with Crippen LogP contribution in [0.3, 0.4) is 0 Å². The standard InChI is InChI=1S/C10H12N2O4S2/c1-5-3-12(10(15)11-8(5)14)9-7(18-17)2-6(4-13)16-9/h2-3,6,9,13,17H,4H2,1H3,(H,11,14,15)/t6-,9+/m0/s1. The van der Waals surface area contributed by atoms with Crippen LogP contribution >= 0.6 is 22.5 Å². The molecule has 0 amide bonds. The van der Waals surface area contributed by atoms with E-state index in [0.717, 1.165) is 10.8 Å². The first-order valence-corrected chi connectivity index (χ1v) is 7.05. The predicted molar refractivity (Wildman–Crippen MR) is 71.7 cm³/mol. The van der Waals surface area contributed by atoms with Crippen molar-refractivity contribution in [1.29, 1.82) is 0 Å². The first-order chi connectivity index (χ1) is 8.56. The molecule has 0 fully saturated rings. The largest absolute Gasteiger partial charge is 0.393 e. The SMILES string of the molecule is Cc1cn([C@@H]2O[C@H](CO)C=C2SS)c(=O)[nH]c1=O. The number of aliphatic hydroxyl groups excluding tert-OH is 1. The number of aliphatic hydroxyl groups is 1. The van der Waals surface area contributed by atoms with E-state index in [2.05, 4.69) is 16.6 Å². The zero-order valence-corrected chi connectivity index (χ0v) is 11.2. The molecule has 1 aliphatic rings. The van der Waals surface area contributed by atoms with E-state index in [1.54, 1.807) is 13.0 Å². The number of aromatic amines is 1. The van der Waals surface area contributed by atoms with Crippen molar-refractivity contribution in [3.05, 3.63) is 43.6 Å². The molecule has 2 rings (SSSR count). The van der Waals surface area contributed by atoms with Gasteiger partial charge in [-0.1, -0.05) is 10.8 Å². The highest BCUT2D eigenvalue weighted by atomic mass is 33.1. The molecule has 1 aromatic heterocycles. The van der Waals surface area contributed by atoms with Gasteiger partial charge in [-0.2, -0.15) is 0 Å². The molecule has 0 aromatic carbocycles. The third-order valence-electron chi connectivity index (χ3n) is 2.58. The van der Waals surface area contributed by atoms with Crippen molar-refractivity contribution in [3.63, 3.8) is 0 Å². The molecule has 0 saturated heterocycles. The maximum Gasteiger partial charge on any atom is 0.330 e. The van der Waals surface area contributed by atoms with Gasteiger partial charge in [-0.05, 0) is 13.0 Å². The third-order valence-corrected chi connectivity index (χ3v) is 3.76. The van der Waals surface area contributed by atoms with Crippen LogP contribution in [-0.2, 0) is 4.74 Å². The van der Waals surface area contributed by atoms with Gasteiger partial charge < -0.3 is 9.84 Å². The van der Waals surface area contributed by atoms with E-state index in [1.165, 1.54) is 10.8 Å². The molecular formula is C10H12N2O4S2. The quantitative estimate of drug-likeness (QED) is 0.546. The Morgan fingerprint density at radius 1 is 1.61 bits per heavy atom. The lowest BCUT2D eigenvalue weighted by atomic mass is 10.3. The molecule has 0 aliphatic carbocycles. The van der Waals surface area contributed by atoms with E-state index in [4.69, 9.17) is 9.84 Å². The molecule has 2 atom stereocenters. The number of rotatable bonds is 3. The summed E-state index contributed by atoms with van der Waals surface area (Å²) in [5.74, 6) is 0. The number of H-pyrrole nitrogens is 1. The fourth-order valence-electron chi connectivity index (χ4n) is 1.67. The molecule has 98 valence electrons.